The van der Waals surface area contributed by atoms with Crippen molar-refractivity contribution >= 4 is 22.7 Å². The average molecular weight is 402 g/mol. The lowest BCUT2D eigenvalue weighted by Gasteiger charge is -2.03. The van der Waals surface area contributed by atoms with E-state index in [2.05, 4.69) is 59.1 Å². The van der Waals surface area contributed by atoms with Crippen LogP contribution in [0.2, 0.25) is 0 Å². The van der Waals surface area contributed by atoms with Crippen molar-refractivity contribution in [1.29, 1.82) is 5.26 Å². The average Bonchev–Trinajstić information content (AvgIpc) is 3.29. The molecule has 0 amide bonds. The zero-order chi connectivity index (χ0) is 21.0. The molecule has 0 atom stereocenters. The lowest BCUT2D eigenvalue weighted by Crippen LogP contribution is -2.02. The van der Waals surface area contributed by atoms with E-state index in [9.17, 15) is 0 Å². The molecule has 0 spiro atoms. The molecular formula is C23H23N5S. The zero-order valence-corrected chi connectivity index (χ0v) is 17.8. The summed E-state index contributed by atoms with van der Waals surface area (Å²) in [6, 6.07) is 14.0. The molecule has 1 aromatic carbocycles. The van der Waals surface area contributed by atoms with Gasteiger partial charge < -0.3 is 5.32 Å². The summed E-state index contributed by atoms with van der Waals surface area (Å²) >= 11 is 1.62. The largest absolute Gasteiger partial charge is 0.388 e. The van der Waals surface area contributed by atoms with E-state index in [0.717, 1.165) is 39.0 Å². The van der Waals surface area contributed by atoms with Gasteiger partial charge in [0.15, 0.2) is 0 Å². The summed E-state index contributed by atoms with van der Waals surface area (Å²) in [6.45, 7) is 9.89. The Morgan fingerprint density at radius 3 is 2.45 bits per heavy atom. The molecule has 1 N–H and O–H groups in total. The molecule has 0 bridgehead atoms. The van der Waals surface area contributed by atoms with Gasteiger partial charge in [-0.3, -0.25) is 4.40 Å². The number of nitriles is 1. The van der Waals surface area contributed by atoms with E-state index in [-0.39, 0.29) is 0 Å². The highest BCUT2D eigenvalue weighted by molar-refractivity contribution is 7.09. The number of nitrogens with zero attached hydrogens (tertiary/aromatic N) is 4. The number of nitrogens with one attached hydrogen (secondary N) is 1. The Morgan fingerprint density at radius 2 is 1.86 bits per heavy atom. The molecule has 4 aromatic rings. The maximum atomic E-state index is 8.90. The molecule has 0 radical (unpaired) electrons. The summed E-state index contributed by atoms with van der Waals surface area (Å²) in [6.07, 6.45) is 1.87. The normalized spacial score (nSPS) is 10.2. The van der Waals surface area contributed by atoms with E-state index in [1.807, 2.05) is 36.9 Å². The van der Waals surface area contributed by atoms with Gasteiger partial charge >= 0.3 is 0 Å². The standard InChI is InChI=1S/C13H10N4S.C10H13N/c1-8-13(11-7-18-9(2)16-11)17-4-3-10(6-14)5-12(17)15-8;1-8-4-6-10(7-5-8)9(2)11-3/h3-5,7H,1-2H3;4-7,11H,2H2,1,3H3. The predicted octanol–water partition coefficient (Wildman–Crippen LogP) is 5.13. The minimum Gasteiger partial charge on any atom is -0.388 e. The van der Waals surface area contributed by atoms with E-state index < -0.39 is 0 Å². The van der Waals surface area contributed by atoms with Crippen molar-refractivity contribution in [3.63, 3.8) is 0 Å². The van der Waals surface area contributed by atoms with Crippen LogP contribution in [0.15, 0.2) is 54.6 Å². The summed E-state index contributed by atoms with van der Waals surface area (Å²) in [5, 5.41) is 15.0. The number of hydrogen-bond acceptors (Lipinski definition) is 5. The van der Waals surface area contributed by atoms with Gasteiger partial charge in [-0.25, -0.2) is 9.97 Å². The van der Waals surface area contributed by atoms with E-state index in [1.54, 1.807) is 23.5 Å². The summed E-state index contributed by atoms with van der Waals surface area (Å²) in [7, 11) is 1.88. The second kappa shape index (κ2) is 8.72. The molecule has 0 fully saturated rings. The first-order chi connectivity index (χ1) is 13.9. The third kappa shape index (κ3) is 4.53. The van der Waals surface area contributed by atoms with Crippen LogP contribution in [0.3, 0.4) is 0 Å². The van der Waals surface area contributed by atoms with E-state index >= 15 is 0 Å². The second-order valence-corrected chi connectivity index (χ2v) is 7.71. The molecule has 6 heteroatoms. The fourth-order valence-corrected chi connectivity index (χ4v) is 3.51. The Morgan fingerprint density at radius 1 is 1.14 bits per heavy atom. The minimum absolute atomic E-state index is 0.619. The van der Waals surface area contributed by atoms with Crippen LogP contribution < -0.4 is 5.32 Å². The molecule has 0 saturated carbocycles. The monoisotopic (exact) mass is 401 g/mol. The van der Waals surface area contributed by atoms with Gasteiger partial charge in [-0.2, -0.15) is 5.26 Å². The third-order valence-corrected chi connectivity index (χ3v) is 5.27. The lowest BCUT2D eigenvalue weighted by molar-refractivity contribution is 1.13. The fraction of sp³-hybridized carbons (Fsp3) is 0.174. The van der Waals surface area contributed by atoms with Gasteiger partial charge in [0.05, 0.1) is 28.0 Å². The van der Waals surface area contributed by atoms with Crippen LogP contribution in [0.1, 0.15) is 27.4 Å². The molecule has 5 nitrogen and oxygen atoms in total. The summed E-state index contributed by atoms with van der Waals surface area (Å²) in [4.78, 5) is 8.98. The predicted molar refractivity (Wildman–Crippen MR) is 120 cm³/mol. The number of benzene rings is 1. The van der Waals surface area contributed by atoms with Crippen LogP contribution in [0, 0.1) is 32.1 Å². The SMILES string of the molecule is C=C(NC)c1ccc(C)cc1.Cc1nc(-c2c(C)nc3cc(C#N)ccn23)cs1. The van der Waals surface area contributed by atoms with Crippen molar-refractivity contribution in [2.75, 3.05) is 7.05 Å². The molecule has 3 heterocycles. The van der Waals surface area contributed by atoms with E-state index in [1.165, 1.54) is 5.56 Å². The van der Waals surface area contributed by atoms with Gasteiger partial charge in [-0.15, -0.1) is 11.3 Å². The Kier molecular flexibility index (Phi) is 6.10. The Balaban J connectivity index is 0.000000188. The third-order valence-electron chi connectivity index (χ3n) is 4.49. The maximum absolute atomic E-state index is 8.90. The number of aryl methyl sites for hydroxylation is 3. The van der Waals surface area contributed by atoms with Crippen molar-refractivity contribution in [3.8, 4) is 17.5 Å². The number of hydrogen-bond donors (Lipinski definition) is 1. The van der Waals surface area contributed by atoms with Crippen molar-refractivity contribution in [2.45, 2.75) is 20.8 Å². The van der Waals surface area contributed by atoms with Crippen LogP contribution in [0.5, 0.6) is 0 Å². The minimum atomic E-state index is 0.619. The van der Waals surface area contributed by atoms with Crippen LogP contribution >= 0.6 is 11.3 Å². The first-order valence-electron chi connectivity index (χ1n) is 9.18. The number of rotatable bonds is 3. The van der Waals surface area contributed by atoms with Gasteiger partial charge in [0.25, 0.3) is 0 Å². The van der Waals surface area contributed by atoms with E-state index in [0.29, 0.717) is 5.56 Å². The van der Waals surface area contributed by atoms with Gasteiger partial charge in [0.1, 0.15) is 11.3 Å². The summed E-state index contributed by atoms with van der Waals surface area (Å²) in [5.41, 5.74) is 7.66. The van der Waals surface area contributed by atoms with Crippen LogP contribution in [-0.4, -0.2) is 21.4 Å². The van der Waals surface area contributed by atoms with Gasteiger partial charge in [0, 0.05) is 24.3 Å². The molecule has 146 valence electrons. The molecule has 0 aliphatic heterocycles. The van der Waals surface area contributed by atoms with Crippen molar-refractivity contribution < 1.29 is 0 Å². The number of imidazole rings is 1. The van der Waals surface area contributed by atoms with Crippen molar-refractivity contribution in [3.05, 3.63) is 81.9 Å². The summed E-state index contributed by atoms with van der Waals surface area (Å²) in [5.74, 6) is 0. The van der Waals surface area contributed by atoms with Gasteiger partial charge in [-0.05, 0) is 38.5 Å². The highest BCUT2D eigenvalue weighted by Gasteiger charge is 2.13. The van der Waals surface area contributed by atoms with Crippen molar-refractivity contribution in [1.82, 2.24) is 19.7 Å². The molecule has 0 aliphatic rings. The van der Waals surface area contributed by atoms with Crippen LogP contribution in [-0.2, 0) is 0 Å². The fourth-order valence-electron chi connectivity index (χ4n) is 2.91. The molecule has 0 aliphatic carbocycles. The molecule has 0 unspecified atom stereocenters. The number of thiazole rings is 1. The second-order valence-electron chi connectivity index (χ2n) is 6.65. The van der Waals surface area contributed by atoms with Gasteiger partial charge in [-0.1, -0.05) is 36.4 Å². The van der Waals surface area contributed by atoms with Crippen LogP contribution in [0.25, 0.3) is 22.7 Å². The molecule has 29 heavy (non-hydrogen) atoms. The Labute approximate surface area is 175 Å². The first kappa shape index (κ1) is 20.3. The van der Waals surface area contributed by atoms with Crippen molar-refractivity contribution in [2.24, 2.45) is 0 Å². The zero-order valence-electron chi connectivity index (χ0n) is 17.0. The van der Waals surface area contributed by atoms with Crippen LogP contribution in [0.4, 0.5) is 0 Å². The molecule has 3 aromatic heterocycles. The quantitative estimate of drug-likeness (QED) is 0.517. The molecule has 4 rings (SSSR count). The smallest absolute Gasteiger partial charge is 0.138 e. The Hall–Kier alpha value is -3.43. The number of pyridine rings is 1. The molecule has 0 saturated heterocycles. The maximum Gasteiger partial charge on any atom is 0.138 e. The number of fused-ring (bicyclic) bond motifs is 1. The Bertz CT molecular complexity index is 1190. The summed E-state index contributed by atoms with van der Waals surface area (Å²) < 4.78 is 1.98. The molecular weight excluding hydrogens is 378 g/mol. The highest BCUT2D eigenvalue weighted by Crippen LogP contribution is 2.26. The van der Waals surface area contributed by atoms with E-state index in [4.69, 9.17) is 5.26 Å². The topological polar surface area (TPSA) is 66.0 Å². The van der Waals surface area contributed by atoms with Gasteiger partial charge in [0.2, 0.25) is 0 Å². The highest BCUT2D eigenvalue weighted by atomic mass is 32.1. The lowest BCUT2D eigenvalue weighted by atomic mass is 10.1. The number of aromatic nitrogens is 3. The first-order valence-corrected chi connectivity index (χ1v) is 10.1.